The van der Waals surface area contributed by atoms with E-state index in [4.69, 9.17) is 21.6 Å². The standard InChI is InChI=1S/C15H10ClNO2/c1-2-19-15(14(16)11-18)13(10-17)9-8-12-6-4-3-5-7-12/h3-7H,2H2,1H3/b15-13-. The Balaban J connectivity index is 3.22. The van der Waals surface area contributed by atoms with Crippen molar-refractivity contribution >= 4 is 17.5 Å². The summed E-state index contributed by atoms with van der Waals surface area (Å²) in [7, 11) is 0. The predicted octanol–water partition coefficient (Wildman–Crippen LogP) is 2.81. The Bertz CT molecular complexity index is 624. The van der Waals surface area contributed by atoms with E-state index in [1.165, 1.54) is 5.94 Å². The number of carbonyl (C=O) groups excluding carboxylic acids is 1. The molecule has 0 fully saturated rings. The highest BCUT2D eigenvalue weighted by Crippen LogP contribution is 2.17. The summed E-state index contributed by atoms with van der Waals surface area (Å²) in [6.45, 7) is 1.99. The summed E-state index contributed by atoms with van der Waals surface area (Å²) in [5.41, 5.74) is 0.747. The van der Waals surface area contributed by atoms with Crippen molar-refractivity contribution in [2.75, 3.05) is 6.61 Å². The fourth-order valence-corrected chi connectivity index (χ4v) is 1.38. The average molecular weight is 272 g/mol. The highest BCUT2D eigenvalue weighted by atomic mass is 35.5. The molecule has 0 aliphatic heterocycles. The van der Waals surface area contributed by atoms with Crippen molar-refractivity contribution < 1.29 is 9.53 Å². The number of nitrogens with zero attached hydrogens (tertiary/aromatic N) is 1. The molecular formula is C15H10ClNO2. The van der Waals surface area contributed by atoms with E-state index in [0.29, 0.717) is 0 Å². The average Bonchev–Trinajstić information content (AvgIpc) is 2.47. The lowest BCUT2D eigenvalue weighted by molar-refractivity contribution is 0.240. The SMILES string of the molecule is CCO/C(C(Cl)=C=O)=C(\C#N)C#Cc1ccccc1. The zero-order valence-electron chi connectivity index (χ0n) is 10.2. The molecule has 94 valence electrons. The van der Waals surface area contributed by atoms with Gasteiger partial charge in [0.15, 0.2) is 10.8 Å². The Morgan fingerprint density at radius 3 is 2.58 bits per heavy atom. The minimum atomic E-state index is -0.291. The van der Waals surface area contributed by atoms with Crippen LogP contribution in [0.25, 0.3) is 0 Å². The molecule has 0 spiro atoms. The van der Waals surface area contributed by atoms with E-state index in [2.05, 4.69) is 11.8 Å². The molecule has 0 bridgehead atoms. The summed E-state index contributed by atoms with van der Waals surface area (Å²) in [5, 5.41) is 8.76. The molecule has 3 nitrogen and oxygen atoms in total. The third-order valence-corrected chi connectivity index (χ3v) is 2.27. The predicted molar refractivity (Wildman–Crippen MR) is 72.6 cm³/mol. The summed E-state index contributed by atoms with van der Waals surface area (Å²) in [4.78, 5) is 10.5. The number of ether oxygens (including phenoxy) is 1. The maximum absolute atomic E-state index is 10.5. The first-order valence-corrected chi connectivity index (χ1v) is 5.86. The topological polar surface area (TPSA) is 50.1 Å². The molecule has 0 saturated carbocycles. The Morgan fingerprint density at radius 1 is 1.37 bits per heavy atom. The van der Waals surface area contributed by atoms with Crippen molar-refractivity contribution in [3.63, 3.8) is 0 Å². The summed E-state index contributed by atoms with van der Waals surface area (Å²) < 4.78 is 5.16. The van der Waals surface area contributed by atoms with E-state index in [1.807, 2.05) is 24.3 Å². The Morgan fingerprint density at radius 2 is 2.05 bits per heavy atom. The molecule has 0 radical (unpaired) electrons. The van der Waals surface area contributed by atoms with Gasteiger partial charge in [0, 0.05) is 5.56 Å². The zero-order chi connectivity index (χ0) is 14.1. The number of hydrogen-bond donors (Lipinski definition) is 0. The third-order valence-electron chi connectivity index (χ3n) is 2.02. The monoisotopic (exact) mass is 271 g/mol. The number of benzene rings is 1. The molecular weight excluding hydrogens is 262 g/mol. The van der Waals surface area contributed by atoms with Crippen LogP contribution in [0.3, 0.4) is 0 Å². The Labute approximate surface area is 116 Å². The second-order valence-corrected chi connectivity index (χ2v) is 3.66. The molecule has 0 saturated heterocycles. The molecule has 19 heavy (non-hydrogen) atoms. The Kier molecular flexibility index (Phi) is 5.99. The first kappa shape index (κ1) is 14.6. The van der Waals surface area contributed by atoms with Crippen molar-refractivity contribution in [3.8, 4) is 17.9 Å². The minimum absolute atomic E-state index is 0.000877. The molecule has 0 aliphatic rings. The van der Waals surface area contributed by atoms with Gasteiger partial charge in [0.05, 0.1) is 6.61 Å². The molecule has 1 rings (SSSR count). The van der Waals surface area contributed by atoms with E-state index >= 15 is 0 Å². The van der Waals surface area contributed by atoms with Crippen LogP contribution in [0.2, 0.25) is 0 Å². The smallest absolute Gasteiger partial charge is 0.175 e. The lowest BCUT2D eigenvalue weighted by Gasteiger charge is -2.04. The summed E-state index contributed by atoms with van der Waals surface area (Å²) in [6.07, 6.45) is 0. The van der Waals surface area contributed by atoms with Crippen LogP contribution in [-0.4, -0.2) is 12.5 Å². The van der Waals surface area contributed by atoms with E-state index < -0.39 is 0 Å². The highest BCUT2D eigenvalue weighted by molar-refractivity contribution is 6.35. The summed E-state index contributed by atoms with van der Waals surface area (Å²) in [6, 6.07) is 11.0. The van der Waals surface area contributed by atoms with Gasteiger partial charge in [-0.05, 0) is 25.0 Å². The van der Waals surface area contributed by atoms with Crippen LogP contribution in [0.4, 0.5) is 0 Å². The molecule has 0 atom stereocenters. The zero-order valence-corrected chi connectivity index (χ0v) is 11.0. The van der Waals surface area contributed by atoms with Crippen molar-refractivity contribution in [2.24, 2.45) is 0 Å². The van der Waals surface area contributed by atoms with E-state index in [-0.39, 0.29) is 23.0 Å². The van der Waals surface area contributed by atoms with Gasteiger partial charge in [0.25, 0.3) is 0 Å². The van der Waals surface area contributed by atoms with E-state index in [9.17, 15) is 4.79 Å². The number of nitriles is 1. The van der Waals surface area contributed by atoms with E-state index in [1.54, 1.807) is 19.1 Å². The first-order chi connectivity index (χ1) is 9.22. The van der Waals surface area contributed by atoms with Crippen LogP contribution in [0.1, 0.15) is 12.5 Å². The fourth-order valence-electron chi connectivity index (χ4n) is 1.23. The quantitative estimate of drug-likeness (QED) is 0.279. The third kappa shape index (κ3) is 4.37. The van der Waals surface area contributed by atoms with Gasteiger partial charge in [-0.2, -0.15) is 5.26 Å². The van der Waals surface area contributed by atoms with Gasteiger partial charge < -0.3 is 4.74 Å². The molecule has 4 heteroatoms. The van der Waals surface area contributed by atoms with Crippen molar-refractivity contribution in [3.05, 3.63) is 52.3 Å². The van der Waals surface area contributed by atoms with E-state index in [0.717, 1.165) is 5.56 Å². The van der Waals surface area contributed by atoms with Gasteiger partial charge in [-0.1, -0.05) is 35.7 Å². The first-order valence-electron chi connectivity index (χ1n) is 5.48. The molecule has 0 aromatic heterocycles. The van der Waals surface area contributed by atoms with Crippen LogP contribution in [0.15, 0.2) is 46.7 Å². The van der Waals surface area contributed by atoms with Gasteiger partial charge in [0.1, 0.15) is 17.6 Å². The largest absolute Gasteiger partial charge is 0.489 e. The van der Waals surface area contributed by atoms with Crippen LogP contribution < -0.4 is 0 Å². The van der Waals surface area contributed by atoms with Gasteiger partial charge in [-0.15, -0.1) is 0 Å². The van der Waals surface area contributed by atoms with Gasteiger partial charge in [0.2, 0.25) is 0 Å². The molecule has 0 heterocycles. The Hall–Kier alpha value is -2.45. The normalized spacial score (nSPS) is 10.2. The van der Waals surface area contributed by atoms with Crippen LogP contribution in [-0.2, 0) is 9.53 Å². The number of hydrogen-bond acceptors (Lipinski definition) is 3. The van der Waals surface area contributed by atoms with Crippen molar-refractivity contribution in [2.45, 2.75) is 6.92 Å². The minimum Gasteiger partial charge on any atom is -0.489 e. The van der Waals surface area contributed by atoms with Gasteiger partial charge in [-0.3, -0.25) is 0 Å². The van der Waals surface area contributed by atoms with Crippen LogP contribution in [0, 0.1) is 23.2 Å². The van der Waals surface area contributed by atoms with Gasteiger partial charge >= 0.3 is 0 Å². The molecule has 1 aromatic rings. The lowest BCUT2D eigenvalue weighted by Crippen LogP contribution is -1.97. The lowest BCUT2D eigenvalue weighted by atomic mass is 10.2. The summed E-state index contributed by atoms with van der Waals surface area (Å²) in [5.74, 6) is 6.90. The molecule has 0 amide bonds. The second-order valence-electron chi connectivity index (χ2n) is 3.28. The van der Waals surface area contributed by atoms with Crippen LogP contribution >= 0.6 is 11.6 Å². The van der Waals surface area contributed by atoms with Crippen LogP contribution in [0.5, 0.6) is 0 Å². The molecule has 0 unspecified atom stereocenters. The maximum Gasteiger partial charge on any atom is 0.175 e. The number of rotatable bonds is 3. The fraction of sp³-hybridized carbons (Fsp3) is 0.133. The van der Waals surface area contributed by atoms with Crippen molar-refractivity contribution in [1.82, 2.24) is 0 Å². The molecule has 0 N–H and O–H groups in total. The summed E-state index contributed by atoms with van der Waals surface area (Å²) >= 11 is 5.66. The molecule has 1 aromatic carbocycles. The maximum atomic E-state index is 10.5. The van der Waals surface area contributed by atoms with Crippen molar-refractivity contribution in [1.29, 1.82) is 5.26 Å². The number of halogens is 1. The second kappa shape index (κ2) is 7.80. The molecule has 0 aliphatic carbocycles. The number of allylic oxidation sites excluding steroid dienone is 2. The van der Waals surface area contributed by atoms with Gasteiger partial charge in [-0.25, -0.2) is 4.79 Å². The highest BCUT2D eigenvalue weighted by Gasteiger charge is 2.11.